The molecular weight excluding hydrogens is 304 g/mol. The van der Waals surface area contributed by atoms with Gasteiger partial charge in [-0.2, -0.15) is 5.26 Å². The normalized spacial score (nSPS) is 12.7. The minimum atomic E-state index is -3.96. The second-order valence-corrected chi connectivity index (χ2v) is 6.19. The monoisotopic (exact) mass is 316 g/mol. The van der Waals surface area contributed by atoms with Crippen LogP contribution in [0.4, 0.5) is 0 Å². The number of rotatable bonds is 6. The van der Waals surface area contributed by atoms with Gasteiger partial charge in [0.1, 0.15) is 4.90 Å². The molecule has 20 heavy (non-hydrogen) atoms. The van der Waals surface area contributed by atoms with Crippen molar-refractivity contribution in [1.82, 2.24) is 4.72 Å². The number of sulfonamides is 1. The molecule has 0 saturated carbocycles. The van der Waals surface area contributed by atoms with Crippen LogP contribution >= 0.6 is 11.6 Å². The van der Waals surface area contributed by atoms with E-state index in [1.165, 1.54) is 12.1 Å². The first-order valence-electron chi connectivity index (χ1n) is 5.74. The number of halogens is 1. The van der Waals surface area contributed by atoms with E-state index in [9.17, 15) is 13.2 Å². The van der Waals surface area contributed by atoms with Gasteiger partial charge >= 0.3 is 5.97 Å². The Labute approximate surface area is 122 Å². The molecule has 108 valence electrons. The fourth-order valence-electron chi connectivity index (χ4n) is 1.47. The zero-order valence-corrected chi connectivity index (χ0v) is 12.2. The fraction of sp³-hybridized carbons (Fsp3) is 0.333. The molecule has 0 aliphatic carbocycles. The van der Waals surface area contributed by atoms with Crippen LogP contribution in [0.15, 0.2) is 23.1 Å². The zero-order chi connectivity index (χ0) is 15.3. The average molecular weight is 317 g/mol. The van der Waals surface area contributed by atoms with Gasteiger partial charge in [0.2, 0.25) is 10.0 Å². The molecule has 8 heteroatoms. The van der Waals surface area contributed by atoms with Crippen molar-refractivity contribution < 1.29 is 18.3 Å². The third-order valence-corrected chi connectivity index (χ3v) is 4.62. The van der Waals surface area contributed by atoms with Crippen LogP contribution in [0.25, 0.3) is 0 Å². The van der Waals surface area contributed by atoms with E-state index in [-0.39, 0.29) is 22.0 Å². The van der Waals surface area contributed by atoms with Crippen LogP contribution in [0.1, 0.15) is 18.9 Å². The van der Waals surface area contributed by atoms with E-state index < -0.39 is 21.9 Å². The van der Waals surface area contributed by atoms with Gasteiger partial charge in [0.25, 0.3) is 0 Å². The molecule has 0 radical (unpaired) electrons. The maximum atomic E-state index is 12.1. The van der Waals surface area contributed by atoms with Gasteiger partial charge in [-0.25, -0.2) is 13.1 Å². The van der Waals surface area contributed by atoms with Crippen molar-refractivity contribution in [1.29, 1.82) is 5.26 Å². The Morgan fingerprint density at radius 1 is 1.55 bits per heavy atom. The average Bonchev–Trinajstić information content (AvgIpc) is 2.39. The summed E-state index contributed by atoms with van der Waals surface area (Å²) in [5.41, 5.74) is 0.153. The topological polar surface area (TPSA) is 107 Å². The summed E-state index contributed by atoms with van der Waals surface area (Å²) in [5, 5.41) is 17.6. The largest absolute Gasteiger partial charge is 0.481 e. The van der Waals surface area contributed by atoms with Gasteiger partial charge in [-0.05, 0) is 24.6 Å². The van der Waals surface area contributed by atoms with Gasteiger partial charge in [0.15, 0.2) is 0 Å². The maximum Gasteiger partial charge on any atom is 0.307 e. The minimum absolute atomic E-state index is 0.0279. The van der Waals surface area contributed by atoms with Crippen LogP contribution in [0.2, 0.25) is 5.02 Å². The van der Waals surface area contributed by atoms with Crippen molar-refractivity contribution in [3.05, 3.63) is 28.8 Å². The number of hydrogen-bond acceptors (Lipinski definition) is 4. The summed E-state index contributed by atoms with van der Waals surface area (Å²) >= 11 is 5.80. The Hall–Kier alpha value is -1.62. The Kier molecular flexibility index (Phi) is 5.51. The van der Waals surface area contributed by atoms with Crippen molar-refractivity contribution in [2.24, 2.45) is 5.92 Å². The Bertz CT molecular complexity index is 652. The summed E-state index contributed by atoms with van der Waals surface area (Å²) in [6.45, 7) is 1.41. The first kappa shape index (κ1) is 16.4. The number of nitrogens with zero attached hydrogens (tertiary/aromatic N) is 1. The first-order chi connectivity index (χ1) is 9.31. The van der Waals surface area contributed by atoms with E-state index in [0.29, 0.717) is 6.42 Å². The number of carboxylic acid groups (broad SMARTS) is 1. The first-order valence-corrected chi connectivity index (χ1v) is 7.60. The summed E-state index contributed by atoms with van der Waals surface area (Å²) in [6.07, 6.45) is 0.295. The van der Waals surface area contributed by atoms with E-state index in [2.05, 4.69) is 4.72 Å². The minimum Gasteiger partial charge on any atom is -0.481 e. The van der Waals surface area contributed by atoms with E-state index in [1.807, 2.05) is 6.07 Å². The molecule has 1 rings (SSSR count). The van der Waals surface area contributed by atoms with Gasteiger partial charge in [-0.15, -0.1) is 0 Å². The summed E-state index contributed by atoms with van der Waals surface area (Å²) in [7, 11) is -3.96. The van der Waals surface area contributed by atoms with E-state index in [1.54, 1.807) is 6.92 Å². The Morgan fingerprint density at radius 3 is 2.70 bits per heavy atom. The zero-order valence-electron chi connectivity index (χ0n) is 10.6. The van der Waals surface area contributed by atoms with Crippen LogP contribution in [0.3, 0.4) is 0 Å². The summed E-state index contributed by atoms with van der Waals surface area (Å²) in [5.74, 6) is -1.89. The van der Waals surface area contributed by atoms with Crippen LogP contribution < -0.4 is 4.72 Å². The van der Waals surface area contributed by atoms with Gasteiger partial charge in [0.05, 0.1) is 22.6 Å². The molecule has 1 unspecified atom stereocenters. The third-order valence-electron chi connectivity index (χ3n) is 2.71. The van der Waals surface area contributed by atoms with Crippen molar-refractivity contribution in [2.45, 2.75) is 18.2 Å². The third kappa shape index (κ3) is 3.93. The Morgan fingerprint density at radius 2 is 2.20 bits per heavy atom. The lowest BCUT2D eigenvalue weighted by Crippen LogP contribution is -2.32. The molecule has 6 nitrogen and oxygen atoms in total. The molecule has 0 saturated heterocycles. The fourth-order valence-corrected chi connectivity index (χ4v) is 3.08. The number of benzene rings is 1. The molecule has 0 amide bonds. The molecule has 0 bridgehead atoms. The lowest BCUT2D eigenvalue weighted by Gasteiger charge is -2.12. The second kappa shape index (κ2) is 6.70. The predicted octanol–water partition coefficient (Wildman–Crippen LogP) is 1.60. The summed E-state index contributed by atoms with van der Waals surface area (Å²) in [4.78, 5) is 10.6. The van der Waals surface area contributed by atoms with E-state index in [4.69, 9.17) is 22.0 Å². The number of carboxylic acids is 1. The number of nitrogens with one attached hydrogen (secondary N) is 1. The van der Waals surface area contributed by atoms with Crippen LogP contribution in [-0.2, 0) is 14.8 Å². The number of nitriles is 1. The van der Waals surface area contributed by atoms with Crippen LogP contribution in [0, 0.1) is 17.2 Å². The highest BCUT2D eigenvalue weighted by atomic mass is 35.5. The number of carbonyl (C=O) groups is 1. The van der Waals surface area contributed by atoms with Gasteiger partial charge in [-0.3, -0.25) is 4.79 Å². The van der Waals surface area contributed by atoms with E-state index in [0.717, 1.165) is 6.07 Å². The molecule has 0 aliphatic rings. The lowest BCUT2D eigenvalue weighted by atomic mass is 10.1. The highest BCUT2D eigenvalue weighted by Gasteiger charge is 2.22. The molecule has 1 atom stereocenters. The number of hydrogen-bond donors (Lipinski definition) is 2. The quantitative estimate of drug-likeness (QED) is 0.829. The van der Waals surface area contributed by atoms with Gasteiger partial charge in [-0.1, -0.05) is 18.5 Å². The highest BCUT2D eigenvalue weighted by molar-refractivity contribution is 7.89. The van der Waals surface area contributed by atoms with Crippen LogP contribution in [0.5, 0.6) is 0 Å². The molecule has 0 fully saturated rings. The summed E-state index contributed by atoms with van der Waals surface area (Å²) < 4.78 is 26.3. The molecule has 0 aromatic heterocycles. The van der Waals surface area contributed by atoms with Crippen molar-refractivity contribution >= 4 is 27.6 Å². The van der Waals surface area contributed by atoms with Gasteiger partial charge < -0.3 is 5.11 Å². The SMILES string of the molecule is CCC(CNS(=O)(=O)c1cc(C#N)ccc1Cl)C(=O)O. The summed E-state index contributed by atoms with van der Waals surface area (Å²) in [6, 6.07) is 5.67. The molecule has 1 aromatic carbocycles. The van der Waals surface area contributed by atoms with Crippen molar-refractivity contribution in [3.63, 3.8) is 0 Å². The highest BCUT2D eigenvalue weighted by Crippen LogP contribution is 2.22. The molecule has 0 spiro atoms. The smallest absolute Gasteiger partial charge is 0.307 e. The van der Waals surface area contributed by atoms with Crippen LogP contribution in [-0.4, -0.2) is 26.0 Å². The standard InChI is InChI=1S/C12H13ClN2O4S/c1-2-9(12(16)17)7-15-20(18,19)11-5-8(6-14)3-4-10(11)13/h3-5,9,15H,2,7H2,1H3,(H,16,17). The predicted molar refractivity (Wildman–Crippen MR) is 72.8 cm³/mol. The maximum absolute atomic E-state index is 12.1. The van der Waals surface area contributed by atoms with Crippen molar-refractivity contribution in [2.75, 3.05) is 6.54 Å². The van der Waals surface area contributed by atoms with Gasteiger partial charge in [0, 0.05) is 6.54 Å². The molecule has 0 heterocycles. The molecule has 0 aliphatic heterocycles. The molecular formula is C12H13ClN2O4S. The Balaban J connectivity index is 3.00. The molecule has 2 N–H and O–H groups in total. The lowest BCUT2D eigenvalue weighted by molar-refractivity contribution is -0.141. The number of aliphatic carboxylic acids is 1. The molecule has 1 aromatic rings. The van der Waals surface area contributed by atoms with E-state index >= 15 is 0 Å². The second-order valence-electron chi connectivity index (χ2n) is 4.05. The van der Waals surface area contributed by atoms with Crippen molar-refractivity contribution in [3.8, 4) is 6.07 Å².